The maximum atomic E-state index is 6.08. The summed E-state index contributed by atoms with van der Waals surface area (Å²) in [5.41, 5.74) is 8.38. The lowest BCUT2D eigenvalue weighted by atomic mass is 10.1. The molecule has 1 aliphatic rings. The molecule has 1 aliphatic heterocycles. The number of hydrogen-bond acceptors (Lipinski definition) is 3. The molecule has 3 heteroatoms. The Morgan fingerprint density at radius 1 is 1.33 bits per heavy atom. The molecule has 1 aromatic carbocycles. The lowest BCUT2D eigenvalue weighted by molar-refractivity contribution is 0.317. The second kappa shape index (κ2) is 4.41. The smallest absolute Gasteiger partial charge is 0.134 e. The first-order valence-corrected chi connectivity index (χ1v) is 6.60. The summed E-state index contributed by atoms with van der Waals surface area (Å²) in [5.74, 6) is 1.62. The zero-order valence-corrected chi connectivity index (χ0v) is 11.0. The van der Waals surface area contributed by atoms with E-state index in [0.717, 1.165) is 31.0 Å². The Bertz CT molecular complexity index is 551. The van der Waals surface area contributed by atoms with E-state index in [4.69, 9.17) is 10.2 Å². The number of rotatable bonds is 2. The molecule has 0 radical (unpaired) electrons. The van der Waals surface area contributed by atoms with Gasteiger partial charge < -0.3 is 10.2 Å². The van der Waals surface area contributed by atoms with Crippen molar-refractivity contribution in [2.45, 2.75) is 26.4 Å². The van der Waals surface area contributed by atoms with E-state index in [0.29, 0.717) is 12.0 Å². The van der Waals surface area contributed by atoms with Gasteiger partial charge in [0.25, 0.3) is 0 Å². The molecule has 2 heterocycles. The van der Waals surface area contributed by atoms with Crippen molar-refractivity contribution in [3.05, 3.63) is 35.6 Å². The number of fused-ring (bicyclic) bond motifs is 1. The van der Waals surface area contributed by atoms with E-state index >= 15 is 0 Å². The molecule has 1 saturated heterocycles. The van der Waals surface area contributed by atoms with Gasteiger partial charge in [-0.15, -0.1) is 0 Å². The van der Waals surface area contributed by atoms with Gasteiger partial charge in [0.1, 0.15) is 11.3 Å². The third kappa shape index (κ3) is 1.93. The van der Waals surface area contributed by atoms with Crippen LogP contribution >= 0.6 is 0 Å². The Balaban J connectivity index is 1.89. The van der Waals surface area contributed by atoms with Crippen LogP contribution in [0.5, 0.6) is 0 Å². The number of benzene rings is 1. The van der Waals surface area contributed by atoms with Crippen LogP contribution in [0.2, 0.25) is 0 Å². The maximum Gasteiger partial charge on any atom is 0.134 e. The maximum absolute atomic E-state index is 6.08. The van der Waals surface area contributed by atoms with Crippen molar-refractivity contribution in [1.82, 2.24) is 4.90 Å². The predicted molar refractivity (Wildman–Crippen MR) is 73.4 cm³/mol. The minimum atomic E-state index is 0.309. The van der Waals surface area contributed by atoms with Gasteiger partial charge in [-0.3, -0.25) is 4.90 Å². The molecule has 2 atom stereocenters. The summed E-state index contributed by atoms with van der Waals surface area (Å²) >= 11 is 0. The molecule has 1 fully saturated rings. The first-order chi connectivity index (χ1) is 8.65. The van der Waals surface area contributed by atoms with Crippen LogP contribution in [0.15, 0.2) is 28.7 Å². The molecule has 2 aromatic rings. The zero-order valence-electron chi connectivity index (χ0n) is 11.0. The summed E-state index contributed by atoms with van der Waals surface area (Å²) in [7, 11) is 0. The SMILES string of the molecule is Cc1oc2ccccc2c1CN1CC(C)C(N)C1. The Kier molecular flexibility index (Phi) is 2.88. The van der Waals surface area contributed by atoms with Crippen molar-refractivity contribution in [3.63, 3.8) is 0 Å². The summed E-state index contributed by atoms with van der Waals surface area (Å²) in [6.07, 6.45) is 0. The summed E-state index contributed by atoms with van der Waals surface area (Å²) in [4.78, 5) is 2.43. The van der Waals surface area contributed by atoms with Crippen LogP contribution in [0.4, 0.5) is 0 Å². The minimum absolute atomic E-state index is 0.309. The van der Waals surface area contributed by atoms with Crippen molar-refractivity contribution in [2.24, 2.45) is 11.7 Å². The normalized spacial score (nSPS) is 25.1. The van der Waals surface area contributed by atoms with E-state index in [-0.39, 0.29) is 0 Å². The fourth-order valence-corrected chi connectivity index (χ4v) is 2.87. The number of nitrogens with zero attached hydrogens (tertiary/aromatic N) is 1. The average molecular weight is 244 g/mol. The molecule has 3 nitrogen and oxygen atoms in total. The molecule has 96 valence electrons. The first-order valence-electron chi connectivity index (χ1n) is 6.60. The van der Waals surface area contributed by atoms with Gasteiger partial charge in [-0.25, -0.2) is 0 Å². The van der Waals surface area contributed by atoms with Crippen LogP contribution in [0.25, 0.3) is 11.0 Å². The quantitative estimate of drug-likeness (QED) is 0.882. The van der Waals surface area contributed by atoms with E-state index < -0.39 is 0 Å². The number of furan rings is 1. The second-order valence-corrected chi connectivity index (χ2v) is 5.47. The third-order valence-electron chi connectivity index (χ3n) is 4.03. The highest BCUT2D eigenvalue weighted by Crippen LogP contribution is 2.28. The summed E-state index contributed by atoms with van der Waals surface area (Å²) < 4.78 is 5.81. The van der Waals surface area contributed by atoms with E-state index in [1.54, 1.807) is 0 Å². The molecule has 2 N–H and O–H groups in total. The fraction of sp³-hybridized carbons (Fsp3) is 0.467. The number of likely N-dealkylation sites (tertiary alicyclic amines) is 1. The van der Waals surface area contributed by atoms with Gasteiger partial charge >= 0.3 is 0 Å². The van der Waals surface area contributed by atoms with Crippen LogP contribution in [0, 0.1) is 12.8 Å². The molecule has 0 spiro atoms. The average Bonchev–Trinajstić information content (AvgIpc) is 2.82. The van der Waals surface area contributed by atoms with Crippen LogP contribution in [-0.2, 0) is 6.54 Å². The lowest BCUT2D eigenvalue weighted by Gasteiger charge is -2.14. The van der Waals surface area contributed by atoms with Crippen molar-refractivity contribution in [1.29, 1.82) is 0 Å². The highest BCUT2D eigenvalue weighted by Gasteiger charge is 2.27. The van der Waals surface area contributed by atoms with E-state index in [1.807, 2.05) is 12.1 Å². The van der Waals surface area contributed by atoms with Crippen molar-refractivity contribution < 1.29 is 4.42 Å². The van der Waals surface area contributed by atoms with Crippen molar-refractivity contribution in [2.75, 3.05) is 13.1 Å². The van der Waals surface area contributed by atoms with Gasteiger partial charge in [0.05, 0.1) is 0 Å². The summed E-state index contributed by atoms with van der Waals surface area (Å²) in [6, 6.07) is 8.57. The van der Waals surface area contributed by atoms with Crippen molar-refractivity contribution >= 4 is 11.0 Å². The van der Waals surface area contributed by atoms with Crippen molar-refractivity contribution in [3.8, 4) is 0 Å². The molecule has 3 rings (SSSR count). The summed E-state index contributed by atoms with van der Waals surface area (Å²) in [6.45, 7) is 7.29. The largest absolute Gasteiger partial charge is 0.461 e. The Morgan fingerprint density at radius 3 is 2.83 bits per heavy atom. The molecule has 0 bridgehead atoms. The number of para-hydroxylation sites is 1. The molecule has 2 unspecified atom stereocenters. The topological polar surface area (TPSA) is 42.4 Å². The molecule has 18 heavy (non-hydrogen) atoms. The van der Waals surface area contributed by atoms with Gasteiger partial charge in [0.2, 0.25) is 0 Å². The second-order valence-electron chi connectivity index (χ2n) is 5.47. The molecule has 0 amide bonds. The van der Waals surface area contributed by atoms with Gasteiger partial charge in [-0.2, -0.15) is 0 Å². The van der Waals surface area contributed by atoms with Crippen LogP contribution in [0.1, 0.15) is 18.2 Å². The van der Waals surface area contributed by atoms with Gasteiger partial charge in [-0.05, 0) is 18.9 Å². The standard InChI is InChI=1S/C15H20N2O/c1-10-7-17(9-14(10)16)8-13-11(2)18-15-6-4-3-5-12(13)15/h3-6,10,14H,7-9,16H2,1-2H3. The highest BCUT2D eigenvalue weighted by atomic mass is 16.3. The van der Waals surface area contributed by atoms with Crippen LogP contribution in [-0.4, -0.2) is 24.0 Å². The summed E-state index contributed by atoms with van der Waals surface area (Å²) in [5, 5.41) is 1.24. The molecular formula is C15H20N2O. The van der Waals surface area contributed by atoms with Gasteiger partial charge in [0, 0.05) is 36.6 Å². The van der Waals surface area contributed by atoms with Gasteiger partial charge in [0.15, 0.2) is 0 Å². The van der Waals surface area contributed by atoms with E-state index in [2.05, 4.69) is 30.9 Å². The zero-order chi connectivity index (χ0) is 12.7. The Hall–Kier alpha value is -1.32. The van der Waals surface area contributed by atoms with Crippen LogP contribution < -0.4 is 5.73 Å². The van der Waals surface area contributed by atoms with E-state index in [9.17, 15) is 0 Å². The molecule has 1 aromatic heterocycles. The predicted octanol–water partition coefficient (Wildman–Crippen LogP) is 2.52. The molecular weight excluding hydrogens is 224 g/mol. The third-order valence-corrected chi connectivity index (χ3v) is 4.03. The number of hydrogen-bond donors (Lipinski definition) is 1. The Morgan fingerprint density at radius 2 is 2.11 bits per heavy atom. The molecule has 0 aliphatic carbocycles. The fourth-order valence-electron chi connectivity index (χ4n) is 2.87. The highest BCUT2D eigenvalue weighted by molar-refractivity contribution is 5.82. The Labute approximate surface area is 108 Å². The minimum Gasteiger partial charge on any atom is -0.461 e. The van der Waals surface area contributed by atoms with Gasteiger partial charge in [-0.1, -0.05) is 25.1 Å². The number of nitrogens with two attached hydrogens (primary N) is 1. The number of aryl methyl sites for hydroxylation is 1. The van der Waals surface area contributed by atoms with Crippen LogP contribution in [0.3, 0.4) is 0 Å². The van der Waals surface area contributed by atoms with E-state index in [1.165, 1.54) is 10.9 Å². The molecule has 0 saturated carbocycles. The lowest BCUT2D eigenvalue weighted by Crippen LogP contribution is -2.28. The monoisotopic (exact) mass is 244 g/mol. The first kappa shape index (κ1) is 11.8.